The van der Waals surface area contributed by atoms with E-state index in [1.165, 1.54) is 0 Å². The SMILES string of the molecule is C1=C=CC([Si]23O[Si]4(c5ccccc5)O[Si]5(c6ccccc6)O[Si](c6ccccc6)(O2)O[Si]2(c6ccccc6)O[Si](c6ccccc6)(O3)O[Si](c3ccccc3)(O4)O[Si](c3ccccc3)(O5)O2)=CC=1.C=CC.C=CC.C=CC.C=CC.C=CC. The van der Waals surface area contributed by atoms with Crippen LogP contribution in [0.15, 0.2) is 310 Å². The first-order chi connectivity index (χ1) is 40.4. The minimum atomic E-state index is -4.78. The Morgan fingerprint density at radius 3 is 0.554 bits per heavy atom. The molecular formula is C63H68O12Si8. The van der Waals surface area contributed by atoms with Crippen LogP contribution in [0.4, 0.5) is 0 Å². The summed E-state index contributed by atoms with van der Waals surface area (Å²) < 4.78 is 97.0. The number of benzene rings is 7. The fourth-order valence-electron chi connectivity index (χ4n) is 9.07. The van der Waals surface area contributed by atoms with E-state index < -0.39 is 70.4 Å². The fraction of sp³-hybridized carbons (Fsp3) is 0.0794. The maximum atomic E-state index is 8.09. The van der Waals surface area contributed by atoms with Crippen molar-refractivity contribution in [1.29, 1.82) is 0 Å². The summed E-state index contributed by atoms with van der Waals surface area (Å²) in [5, 5.41) is 4.38. The lowest BCUT2D eigenvalue weighted by Gasteiger charge is -2.62. The van der Waals surface area contributed by atoms with E-state index in [9.17, 15) is 0 Å². The van der Waals surface area contributed by atoms with Gasteiger partial charge in [0.05, 0.1) is 0 Å². The van der Waals surface area contributed by atoms with Gasteiger partial charge < -0.3 is 49.4 Å². The van der Waals surface area contributed by atoms with Crippen molar-refractivity contribution in [3.63, 3.8) is 0 Å². The Morgan fingerprint density at radius 1 is 0.253 bits per heavy atom. The van der Waals surface area contributed by atoms with E-state index >= 15 is 0 Å². The van der Waals surface area contributed by atoms with Crippen LogP contribution >= 0.6 is 0 Å². The Bertz CT molecular complexity index is 3110. The van der Waals surface area contributed by atoms with Crippen LogP contribution in [0, 0.1) is 0 Å². The van der Waals surface area contributed by atoms with E-state index in [2.05, 4.69) is 44.4 Å². The van der Waals surface area contributed by atoms with Crippen molar-refractivity contribution in [2.24, 2.45) is 0 Å². The molecule has 8 bridgehead atoms. The first-order valence-electron chi connectivity index (χ1n) is 26.9. The van der Waals surface area contributed by atoms with Gasteiger partial charge in [0.15, 0.2) is 0 Å². The van der Waals surface area contributed by atoms with Crippen LogP contribution in [0.3, 0.4) is 0 Å². The maximum absolute atomic E-state index is 8.09. The first-order valence-corrected chi connectivity index (χ1v) is 40.7. The number of hydrogen-bond acceptors (Lipinski definition) is 12. The summed E-state index contributed by atoms with van der Waals surface area (Å²) in [7, 11) is -38.0. The quantitative estimate of drug-likeness (QED) is 0.0822. The third kappa shape index (κ3) is 13.0. The van der Waals surface area contributed by atoms with E-state index in [0.717, 1.165) is 0 Å². The standard InChI is InChI=1S/C48H38O12Si8.5C3H6/c1-9-25-41(26-10-1)61-49-62(42-27-11-2-12-28-42)52-65(45-33-17-5-18-34-45)54-63(50-61,43-29-13-3-14-30-43)56-67(47-37-21-7-22-38-47)57-64(51-61,44-31-15-4-16-32-44)55-66(53-62,46-35-19-6-20-36-46)59-68(58-65,60-67)48-39-23-8-24-40-48;5*1-3-2/h1-7,9-23,25-40H;5*3H,1H2,2H3. The van der Waals surface area contributed by atoms with Crippen LogP contribution in [-0.2, 0) is 49.4 Å². The lowest BCUT2D eigenvalue weighted by Crippen LogP contribution is -2.95. The second kappa shape index (κ2) is 27.9. The third-order valence-electron chi connectivity index (χ3n) is 12.1. The highest BCUT2D eigenvalue weighted by molar-refractivity contribution is 7.14. The van der Waals surface area contributed by atoms with Crippen molar-refractivity contribution in [1.82, 2.24) is 0 Å². The van der Waals surface area contributed by atoms with Gasteiger partial charge >= 0.3 is 70.4 Å². The average Bonchev–Trinajstić information content (AvgIpc) is 1.26. The minimum absolute atomic E-state index is 0.484. The van der Waals surface area contributed by atoms with Crippen LogP contribution in [0.25, 0.3) is 0 Å². The van der Waals surface area contributed by atoms with Gasteiger partial charge in [-0.25, -0.2) is 0 Å². The van der Waals surface area contributed by atoms with Gasteiger partial charge in [-0.05, 0) is 52.8 Å². The van der Waals surface area contributed by atoms with Crippen LogP contribution in [0.2, 0.25) is 0 Å². The zero-order valence-corrected chi connectivity index (χ0v) is 55.3. The monoisotopic (exact) mass is 1240 g/mol. The highest BCUT2D eigenvalue weighted by Crippen LogP contribution is 2.50. The van der Waals surface area contributed by atoms with E-state index in [4.69, 9.17) is 49.4 Å². The molecule has 424 valence electrons. The summed E-state index contributed by atoms with van der Waals surface area (Å²) >= 11 is 0. The molecule has 6 heterocycles. The molecule has 12 nitrogen and oxygen atoms in total. The van der Waals surface area contributed by atoms with Crippen LogP contribution in [0.5, 0.6) is 0 Å². The summed E-state index contributed by atoms with van der Waals surface area (Å²) in [6.07, 6.45) is 14.1. The Morgan fingerprint density at radius 2 is 0.410 bits per heavy atom. The Labute approximate surface area is 498 Å². The van der Waals surface area contributed by atoms with Crippen LogP contribution < -0.4 is 36.3 Å². The second-order valence-corrected chi connectivity index (χ2v) is 41.8. The topological polar surface area (TPSA) is 111 Å². The van der Waals surface area contributed by atoms with Gasteiger partial charge in [-0.1, -0.05) is 254 Å². The van der Waals surface area contributed by atoms with Crippen molar-refractivity contribution in [2.75, 3.05) is 0 Å². The van der Waals surface area contributed by atoms with E-state index in [-0.39, 0.29) is 0 Å². The number of allylic oxidation sites excluding steroid dienone is 9. The molecule has 20 heteroatoms. The van der Waals surface area contributed by atoms with Gasteiger partial charge in [0.2, 0.25) is 0 Å². The smallest absolute Gasteiger partial charge is 0.366 e. The van der Waals surface area contributed by atoms with Crippen molar-refractivity contribution in [3.05, 3.63) is 310 Å². The van der Waals surface area contributed by atoms with E-state index in [0.29, 0.717) is 41.5 Å². The largest absolute Gasteiger partial charge is 0.516 e. The molecule has 7 aromatic rings. The Hall–Kier alpha value is -6.46. The maximum Gasteiger partial charge on any atom is 0.516 e. The Balaban J connectivity index is 0.000000546. The molecule has 6 saturated heterocycles. The van der Waals surface area contributed by atoms with Crippen molar-refractivity contribution in [2.45, 2.75) is 34.6 Å². The lowest BCUT2D eigenvalue weighted by atomic mass is 10.4. The van der Waals surface area contributed by atoms with Crippen molar-refractivity contribution < 1.29 is 49.4 Å². The first kappa shape index (κ1) is 62.6. The molecule has 0 radical (unpaired) electrons. The molecule has 1 aliphatic carbocycles. The van der Waals surface area contributed by atoms with Crippen molar-refractivity contribution in [3.8, 4) is 0 Å². The Kier molecular flexibility index (Phi) is 21.1. The predicted octanol–water partition coefficient (Wildman–Crippen LogP) is 9.42. The number of hydrogen-bond donors (Lipinski definition) is 0. The van der Waals surface area contributed by atoms with Gasteiger partial charge in [0.1, 0.15) is 0 Å². The molecule has 7 aromatic carbocycles. The summed E-state index contributed by atoms with van der Waals surface area (Å²) in [5.74, 6) is 0. The van der Waals surface area contributed by atoms with Gasteiger partial charge in [0.25, 0.3) is 0 Å². The predicted molar refractivity (Wildman–Crippen MR) is 345 cm³/mol. The van der Waals surface area contributed by atoms with Gasteiger partial charge in [-0.2, -0.15) is 0 Å². The summed E-state index contributed by atoms with van der Waals surface area (Å²) in [4.78, 5) is 0. The highest BCUT2D eigenvalue weighted by atomic mass is 28.6. The summed E-state index contributed by atoms with van der Waals surface area (Å²) in [5.41, 5.74) is 6.22. The molecule has 14 rings (SSSR count). The average molecular weight is 1240 g/mol. The van der Waals surface area contributed by atoms with Gasteiger partial charge in [0, 0.05) is 41.5 Å². The molecule has 83 heavy (non-hydrogen) atoms. The molecule has 7 aliphatic rings. The minimum Gasteiger partial charge on any atom is -0.366 e. The zero-order chi connectivity index (χ0) is 58.9. The number of rotatable bonds is 8. The normalized spacial score (nSPS) is 28.9. The highest BCUT2D eigenvalue weighted by Gasteiger charge is 2.86. The molecule has 0 unspecified atom stereocenters. The second-order valence-electron chi connectivity index (χ2n) is 18.5. The molecule has 0 aromatic heterocycles. The van der Waals surface area contributed by atoms with Crippen LogP contribution in [0.1, 0.15) is 34.6 Å². The fourth-order valence-corrected chi connectivity index (χ4v) is 55.1. The molecule has 6 aliphatic heterocycles. The van der Waals surface area contributed by atoms with Crippen LogP contribution in [-0.4, -0.2) is 70.4 Å². The molecule has 6 fully saturated rings. The molecule has 0 spiro atoms. The van der Waals surface area contributed by atoms with E-state index in [1.54, 1.807) is 42.5 Å². The summed E-state index contributed by atoms with van der Waals surface area (Å²) in [6, 6.07) is 67.0. The lowest BCUT2D eigenvalue weighted by molar-refractivity contribution is -0.00400. The molecular weight excluding hydrogens is 1170 g/mol. The third-order valence-corrected chi connectivity index (χ3v) is 46.2. The molecule has 0 N–H and O–H groups in total. The van der Waals surface area contributed by atoms with Gasteiger partial charge in [-0.15, -0.1) is 32.9 Å². The molecule has 0 amide bonds. The molecule has 0 atom stereocenters. The zero-order valence-electron chi connectivity index (χ0n) is 47.3. The van der Waals surface area contributed by atoms with Gasteiger partial charge in [-0.3, -0.25) is 0 Å². The summed E-state index contributed by atoms with van der Waals surface area (Å²) in [6.45, 7) is 26.2. The molecule has 0 saturated carbocycles. The van der Waals surface area contributed by atoms with Crippen molar-refractivity contribution >= 4 is 107 Å². The van der Waals surface area contributed by atoms with E-state index in [1.807, 2.05) is 253 Å².